The summed E-state index contributed by atoms with van der Waals surface area (Å²) in [6.07, 6.45) is 0.655. The Hall–Kier alpha value is -3.09. The van der Waals surface area contributed by atoms with Crippen molar-refractivity contribution >= 4 is 11.9 Å². The van der Waals surface area contributed by atoms with Gasteiger partial charge in [0.1, 0.15) is 11.6 Å². The molecule has 0 aliphatic carbocycles. The molecule has 7 heteroatoms. The van der Waals surface area contributed by atoms with Crippen LogP contribution in [0.5, 0.6) is 5.75 Å². The number of ether oxygens (including phenoxy) is 1. The van der Waals surface area contributed by atoms with E-state index in [9.17, 15) is 9.18 Å². The van der Waals surface area contributed by atoms with Crippen molar-refractivity contribution in [3.8, 4) is 5.75 Å². The van der Waals surface area contributed by atoms with Crippen LogP contribution in [-0.4, -0.2) is 39.1 Å². The maximum absolute atomic E-state index is 13.2. The van der Waals surface area contributed by atoms with Gasteiger partial charge in [-0.05, 0) is 41.8 Å². The molecule has 0 spiro atoms. The zero-order chi connectivity index (χ0) is 19.5. The van der Waals surface area contributed by atoms with Crippen LogP contribution in [0.3, 0.4) is 0 Å². The fraction of sp³-hybridized carbons (Fsp3) is 0.300. The van der Waals surface area contributed by atoms with Gasteiger partial charge in [0.2, 0.25) is 5.91 Å². The van der Waals surface area contributed by atoms with Crippen molar-refractivity contribution in [2.75, 3.05) is 27.2 Å². The molecular weight excluding hydrogens is 347 g/mol. The van der Waals surface area contributed by atoms with Crippen molar-refractivity contribution in [1.82, 2.24) is 16.0 Å². The molecule has 3 N–H and O–H groups in total. The number of carbonyl (C=O) groups excluding carboxylic acids is 1. The number of methoxy groups -OCH3 is 1. The molecule has 0 aliphatic heterocycles. The third kappa shape index (κ3) is 7.35. The molecule has 0 aromatic heterocycles. The molecular formula is C20H25FN4O2. The molecule has 0 aliphatic rings. The highest BCUT2D eigenvalue weighted by Gasteiger charge is 2.04. The van der Waals surface area contributed by atoms with E-state index in [2.05, 4.69) is 20.9 Å². The smallest absolute Gasteiger partial charge is 0.239 e. The Morgan fingerprint density at radius 1 is 1.07 bits per heavy atom. The summed E-state index contributed by atoms with van der Waals surface area (Å²) in [5.41, 5.74) is 1.89. The Labute approximate surface area is 158 Å². The van der Waals surface area contributed by atoms with E-state index in [1.807, 2.05) is 30.3 Å². The van der Waals surface area contributed by atoms with E-state index in [1.165, 1.54) is 12.1 Å². The zero-order valence-electron chi connectivity index (χ0n) is 15.6. The number of guanidine groups is 1. The minimum Gasteiger partial charge on any atom is -0.497 e. The monoisotopic (exact) mass is 372 g/mol. The Balaban J connectivity index is 1.67. The van der Waals surface area contributed by atoms with Crippen molar-refractivity contribution < 1.29 is 13.9 Å². The molecule has 27 heavy (non-hydrogen) atoms. The summed E-state index contributed by atoms with van der Waals surface area (Å²) in [7, 11) is 3.24. The maximum Gasteiger partial charge on any atom is 0.239 e. The Morgan fingerprint density at radius 3 is 2.52 bits per heavy atom. The van der Waals surface area contributed by atoms with Crippen molar-refractivity contribution in [3.05, 3.63) is 65.5 Å². The molecule has 0 saturated heterocycles. The van der Waals surface area contributed by atoms with Gasteiger partial charge in [-0.15, -0.1) is 0 Å². The van der Waals surface area contributed by atoms with E-state index in [4.69, 9.17) is 4.74 Å². The SMILES string of the molecule is CN=C(NCCc1cccc(F)c1)NCC(=O)NCc1ccc(OC)cc1. The average Bonchev–Trinajstić information content (AvgIpc) is 2.69. The van der Waals surface area contributed by atoms with Crippen molar-refractivity contribution in [1.29, 1.82) is 0 Å². The number of hydrogen-bond donors (Lipinski definition) is 3. The van der Waals surface area contributed by atoms with E-state index < -0.39 is 0 Å². The van der Waals surface area contributed by atoms with Crippen LogP contribution in [0.1, 0.15) is 11.1 Å². The molecule has 0 unspecified atom stereocenters. The molecule has 0 saturated carbocycles. The van der Waals surface area contributed by atoms with Gasteiger partial charge in [-0.3, -0.25) is 9.79 Å². The summed E-state index contributed by atoms with van der Waals surface area (Å²) in [6, 6.07) is 14.0. The maximum atomic E-state index is 13.2. The lowest BCUT2D eigenvalue weighted by atomic mass is 10.1. The zero-order valence-corrected chi connectivity index (χ0v) is 15.6. The molecule has 0 fully saturated rings. The van der Waals surface area contributed by atoms with Gasteiger partial charge in [0.05, 0.1) is 13.7 Å². The van der Waals surface area contributed by atoms with E-state index in [-0.39, 0.29) is 18.3 Å². The standard InChI is InChI=1S/C20H25FN4O2/c1-22-20(23-11-10-15-4-3-5-17(21)12-15)25-14-19(26)24-13-16-6-8-18(27-2)9-7-16/h3-9,12H,10-11,13-14H2,1-2H3,(H,24,26)(H2,22,23,25). The van der Waals surface area contributed by atoms with Gasteiger partial charge >= 0.3 is 0 Å². The normalized spacial score (nSPS) is 11.0. The van der Waals surface area contributed by atoms with Crippen LogP contribution in [0, 0.1) is 5.82 Å². The number of amides is 1. The van der Waals surface area contributed by atoms with Gasteiger partial charge < -0.3 is 20.7 Å². The van der Waals surface area contributed by atoms with Crippen LogP contribution in [0.15, 0.2) is 53.5 Å². The Kier molecular flexibility index (Phi) is 8.09. The van der Waals surface area contributed by atoms with E-state index in [1.54, 1.807) is 20.2 Å². The Bertz CT molecular complexity index is 763. The summed E-state index contributed by atoms with van der Waals surface area (Å²) in [5.74, 6) is 0.910. The first-order valence-corrected chi connectivity index (χ1v) is 8.69. The van der Waals surface area contributed by atoms with Crippen molar-refractivity contribution in [2.24, 2.45) is 4.99 Å². The summed E-state index contributed by atoms with van der Waals surface area (Å²) >= 11 is 0. The summed E-state index contributed by atoms with van der Waals surface area (Å²) in [4.78, 5) is 16.0. The van der Waals surface area contributed by atoms with Crippen molar-refractivity contribution in [2.45, 2.75) is 13.0 Å². The average molecular weight is 372 g/mol. The summed E-state index contributed by atoms with van der Waals surface area (Å²) in [5, 5.41) is 8.89. The van der Waals surface area contributed by atoms with Crippen LogP contribution < -0.4 is 20.7 Å². The number of benzene rings is 2. The third-order valence-corrected chi connectivity index (χ3v) is 3.88. The molecule has 0 radical (unpaired) electrons. The minimum absolute atomic E-state index is 0.107. The highest BCUT2D eigenvalue weighted by molar-refractivity contribution is 5.86. The number of aliphatic imine (C=N–C) groups is 1. The second-order valence-electron chi connectivity index (χ2n) is 5.86. The largest absolute Gasteiger partial charge is 0.497 e. The molecule has 0 atom stereocenters. The number of halogens is 1. The molecule has 2 aromatic rings. The lowest BCUT2D eigenvalue weighted by Crippen LogP contribution is -2.43. The molecule has 2 aromatic carbocycles. The molecule has 1 amide bonds. The first-order chi connectivity index (χ1) is 13.1. The van der Waals surface area contributed by atoms with Crippen LogP contribution >= 0.6 is 0 Å². The third-order valence-electron chi connectivity index (χ3n) is 3.88. The molecule has 144 valence electrons. The van der Waals surface area contributed by atoms with Crippen LogP contribution in [-0.2, 0) is 17.8 Å². The highest BCUT2D eigenvalue weighted by Crippen LogP contribution is 2.10. The van der Waals surface area contributed by atoms with Gasteiger partial charge in [-0.2, -0.15) is 0 Å². The summed E-state index contributed by atoms with van der Waals surface area (Å²) in [6.45, 7) is 1.13. The predicted octanol–water partition coefficient (Wildman–Crippen LogP) is 1.86. The molecule has 6 nitrogen and oxygen atoms in total. The second kappa shape index (κ2) is 10.8. The first-order valence-electron chi connectivity index (χ1n) is 8.69. The number of hydrogen-bond acceptors (Lipinski definition) is 3. The minimum atomic E-state index is -0.247. The fourth-order valence-corrected chi connectivity index (χ4v) is 2.41. The lowest BCUT2D eigenvalue weighted by molar-refractivity contribution is -0.120. The number of carbonyl (C=O) groups is 1. The van der Waals surface area contributed by atoms with Gasteiger partial charge in [0.15, 0.2) is 5.96 Å². The van der Waals surface area contributed by atoms with Crippen molar-refractivity contribution in [3.63, 3.8) is 0 Å². The number of rotatable bonds is 8. The topological polar surface area (TPSA) is 74.8 Å². The molecule has 0 heterocycles. The van der Waals surface area contributed by atoms with Gasteiger partial charge in [0.25, 0.3) is 0 Å². The number of nitrogens with one attached hydrogen (secondary N) is 3. The Morgan fingerprint density at radius 2 is 1.85 bits per heavy atom. The fourth-order valence-electron chi connectivity index (χ4n) is 2.41. The van der Waals surface area contributed by atoms with Crippen LogP contribution in [0.25, 0.3) is 0 Å². The van der Waals surface area contributed by atoms with Crippen LogP contribution in [0.2, 0.25) is 0 Å². The lowest BCUT2D eigenvalue weighted by Gasteiger charge is -2.12. The summed E-state index contributed by atoms with van der Waals surface area (Å²) < 4.78 is 18.3. The first kappa shape index (κ1) is 20.2. The molecule has 2 rings (SSSR count). The number of nitrogens with zero attached hydrogens (tertiary/aromatic N) is 1. The van der Waals surface area contributed by atoms with Gasteiger partial charge in [-0.1, -0.05) is 24.3 Å². The van der Waals surface area contributed by atoms with Gasteiger partial charge in [-0.25, -0.2) is 4.39 Å². The quantitative estimate of drug-likeness (QED) is 0.488. The van der Waals surface area contributed by atoms with Gasteiger partial charge in [0, 0.05) is 20.1 Å². The van der Waals surface area contributed by atoms with E-state index >= 15 is 0 Å². The van der Waals surface area contributed by atoms with E-state index in [0.29, 0.717) is 25.5 Å². The van der Waals surface area contributed by atoms with E-state index in [0.717, 1.165) is 16.9 Å². The van der Waals surface area contributed by atoms with Crippen LogP contribution in [0.4, 0.5) is 4.39 Å². The second-order valence-corrected chi connectivity index (χ2v) is 5.86. The molecule has 0 bridgehead atoms. The predicted molar refractivity (Wildman–Crippen MR) is 104 cm³/mol. The highest BCUT2D eigenvalue weighted by atomic mass is 19.1.